The lowest BCUT2D eigenvalue weighted by atomic mass is 9.94. The molecule has 1 aliphatic rings. The van der Waals surface area contributed by atoms with Gasteiger partial charge in [0.25, 0.3) is 5.91 Å². The number of para-hydroxylation sites is 2. The Hall–Kier alpha value is -2.27. The van der Waals surface area contributed by atoms with Crippen LogP contribution in [0.15, 0.2) is 28.7 Å². The molecule has 3 rings (SSSR count). The molecule has 0 aliphatic heterocycles. The van der Waals surface area contributed by atoms with E-state index in [0.717, 1.165) is 6.42 Å². The quantitative estimate of drug-likeness (QED) is 0.831. The zero-order chi connectivity index (χ0) is 15.0. The maximum absolute atomic E-state index is 12.3. The average molecular weight is 321 g/mol. The number of carbonyl (C=O) groups excluding carboxylic acids is 2. The molecule has 1 aliphatic carbocycles. The number of amides is 1. The molecule has 0 radical (unpaired) electrons. The van der Waals surface area contributed by atoms with E-state index < -0.39 is 0 Å². The van der Waals surface area contributed by atoms with Crippen LogP contribution in [0.2, 0.25) is 0 Å². The molecule has 116 valence electrons. The molecule has 2 aromatic rings. The van der Waals surface area contributed by atoms with Crippen LogP contribution in [0.5, 0.6) is 0 Å². The molecule has 0 saturated carbocycles. The summed E-state index contributed by atoms with van der Waals surface area (Å²) in [6.45, 7) is 1.74. The maximum atomic E-state index is 12.3. The number of aryl methyl sites for hydroxylation is 1. The van der Waals surface area contributed by atoms with Crippen molar-refractivity contribution in [2.75, 3.05) is 11.1 Å². The molecule has 3 N–H and O–H groups in total. The second kappa shape index (κ2) is 6.23. The minimum absolute atomic E-state index is 0. The highest BCUT2D eigenvalue weighted by Gasteiger charge is 2.28. The molecular weight excluding hydrogens is 304 g/mol. The summed E-state index contributed by atoms with van der Waals surface area (Å²) in [5.74, 6) is 0.483. The van der Waals surface area contributed by atoms with E-state index in [0.29, 0.717) is 41.1 Å². The predicted molar refractivity (Wildman–Crippen MR) is 86.8 cm³/mol. The van der Waals surface area contributed by atoms with Crippen LogP contribution in [0.3, 0.4) is 0 Å². The smallest absolute Gasteiger partial charge is 0.291 e. The zero-order valence-electron chi connectivity index (χ0n) is 12.1. The number of nitrogens with one attached hydrogen (secondary N) is 1. The summed E-state index contributed by atoms with van der Waals surface area (Å²) in [7, 11) is 0. The van der Waals surface area contributed by atoms with E-state index in [2.05, 4.69) is 5.32 Å². The molecule has 1 aromatic carbocycles. The summed E-state index contributed by atoms with van der Waals surface area (Å²) in [5, 5.41) is 2.72. The topological polar surface area (TPSA) is 85.3 Å². The van der Waals surface area contributed by atoms with Gasteiger partial charge in [-0.05, 0) is 25.5 Å². The van der Waals surface area contributed by atoms with Crippen LogP contribution in [-0.4, -0.2) is 11.7 Å². The highest BCUT2D eigenvalue weighted by Crippen LogP contribution is 2.30. The number of anilines is 2. The van der Waals surface area contributed by atoms with E-state index in [9.17, 15) is 9.59 Å². The maximum Gasteiger partial charge on any atom is 0.291 e. The summed E-state index contributed by atoms with van der Waals surface area (Å²) in [5.41, 5.74) is 8.01. The lowest BCUT2D eigenvalue weighted by Gasteiger charge is -2.07. The number of rotatable bonds is 2. The van der Waals surface area contributed by atoms with E-state index >= 15 is 0 Å². The molecule has 5 nitrogen and oxygen atoms in total. The first-order valence-electron chi connectivity index (χ1n) is 6.89. The average Bonchev–Trinajstić information content (AvgIpc) is 2.80. The molecule has 1 aromatic heterocycles. The van der Waals surface area contributed by atoms with Gasteiger partial charge in [-0.2, -0.15) is 0 Å². The first-order valence-corrected chi connectivity index (χ1v) is 6.89. The molecule has 0 saturated heterocycles. The third kappa shape index (κ3) is 2.72. The highest BCUT2D eigenvalue weighted by molar-refractivity contribution is 6.08. The van der Waals surface area contributed by atoms with Crippen LogP contribution >= 0.6 is 12.4 Å². The van der Waals surface area contributed by atoms with Crippen molar-refractivity contribution in [3.8, 4) is 0 Å². The van der Waals surface area contributed by atoms with Crippen molar-refractivity contribution < 1.29 is 14.0 Å². The van der Waals surface area contributed by atoms with Gasteiger partial charge in [-0.25, -0.2) is 0 Å². The van der Waals surface area contributed by atoms with E-state index in [1.807, 2.05) is 0 Å². The second-order valence-electron chi connectivity index (χ2n) is 5.17. The number of hydrogen-bond donors (Lipinski definition) is 2. The largest absolute Gasteiger partial charge is 0.455 e. The Morgan fingerprint density at radius 3 is 2.68 bits per heavy atom. The first-order chi connectivity index (χ1) is 10.1. The van der Waals surface area contributed by atoms with Crippen molar-refractivity contribution in [3.05, 3.63) is 46.9 Å². The van der Waals surface area contributed by atoms with Gasteiger partial charge in [0.1, 0.15) is 5.76 Å². The number of fused-ring (bicyclic) bond motifs is 1. The zero-order valence-corrected chi connectivity index (χ0v) is 13.0. The van der Waals surface area contributed by atoms with Crippen molar-refractivity contribution in [2.45, 2.75) is 26.2 Å². The normalized spacial score (nSPS) is 13.2. The summed E-state index contributed by atoms with van der Waals surface area (Å²) in [6, 6.07) is 7.01. The number of nitrogens with two attached hydrogens (primary N) is 1. The van der Waals surface area contributed by atoms with Crippen LogP contribution in [-0.2, 0) is 6.42 Å². The minimum Gasteiger partial charge on any atom is -0.455 e. The first kappa shape index (κ1) is 16.1. The molecule has 0 spiro atoms. The van der Waals surface area contributed by atoms with Crippen LogP contribution in [0.1, 0.15) is 45.1 Å². The number of hydrogen-bond acceptors (Lipinski definition) is 4. The van der Waals surface area contributed by atoms with Crippen molar-refractivity contribution in [2.24, 2.45) is 0 Å². The fourth-order valence-corrected chi connectivity index (χ4v) is 2.66. The van der Waals surface area contributed by atoms with Gasteiger partial charge in [0.05, 0.1) is 16.9 Å². The monoisotopic (exact) mass is 320 g/mol. The predicted octanol–water partition coefficient (Wildman–Crippen LogP) is 3.36. The lowest BCUT2D eigenvalue weighted by Crippen LogP contribution is -2.14. The van der Waals surface area contributed by atoms with Crippen molar-refractivity contribution in [1.82, 2.24) is 0 Å². The number of benzene rings is 1. The molecule has 22 heavy (non-hydrogen) atoms. The van der Waals surface area contributed by atoms with Gasteiger partial charge in [0.15, 0.2) is 11.5 Å². The molecule has 0 fully saturated rings. The van der Waals surface area contributed by atoms with Gasteiger partial charge in [-0.3, -0.25) is 9.59 Å². The number of furan rings is 1. The van der Waals surface area contributed by atoms with Gasteiger partial charge >= 0.3 is 0 Å². The fraction of sp³-hybridized carbons (Fsp3) is 0.250. The number of Topliss-reactive ketones (excluding diaryl/α,β-unsaturated/α-hetero) is 1. The molecule has 0 unspecified atom stereocenters. The fourth-order valence-electron chi connectivity index (χ4n) is 2.66. The molecule has 0 bridgehead atoms. The molecule has 1 amide bonds. The van der Waals surface area contributed by atoms with E-state index in [4.69, 9.17) is 10.2 Å². The van der Waals surface area contributed by atoms with E-state index in [1.165, 1.54) is 0 Å². The molecule has 6 heteroatoms. The van der Waals surface area contributed by atoms with Crippen LogP contribution in [0.4, 0.5) is 11.4 Å². The van der Waals surface area contributed by atoms with Crippen LogP contribution in [0, 0.1) is 6.92 Å². The Bertz CT molecular complexity index is 737. The molecular formula is C16H17ClN2O3. The van der Waals surface area contributed by atoms with Gasteiger partial charge in [0.2, 0.25) is 0 Å². The lowest BCUT2D eigenvalue weighted by molar-refractivity contribution is 0.0963. The van der Waals surface area contributed by atoms with Gasteiger partial charge < -0.3 is 15.5 Å². The van der Waals surface area contributed by atoms with Crippen LogP contribution in [0.25, 0.3) is 0 Å². The summed E-state index contributed by atoms with van der Waals surface area (Å²) in [4.78, 5) is 24.3. The standard InChI is InChI=1S/C16H16N2O3.ClH/c1-9-14-12(19)7-4-8-13(14)21-15(9)16(20)18-11-6-3-2-5-10(11)17;/h2-3,5-6H,4,7-8,17H2,1H3,(H,18,20);1H. The Morgan fingerprint density at radius 1 is 1.27 bits per heavy atom. The van der Waals surface area contributed by atoms with Gasteiger partial charge in [-0.15, -0.1) is 12.4 Å². The summed E-state index contributed by atoms with van der Waals surface area (Å²) in [6.07, 6.45) is 1.98. The van der Waals surface area contributed by atoms with Crippen molar-refractivity contribution in [1.29, 1.82) is 0 Å². The van der Waals surface area contributed by atoms with Crippen molar-refractivity contribution in [3.63, 3.8) is 0 Å². The van der Waals surface area contributed by atoms with E-state index in [1.54, 1.807) is 31.2 Å². The van der Waals surface area contributed by atoms with Crippen molar-refractivity contribution >= 4 is 35.5 Å². The minimum atomic E-state index is -0.382. The number of carbonyl (C=O) groups is 2. The Kier molecular flexibility index (Phi) is 4.56. The summed E-state index contributed by atoms with van der Waals surface area (Å²) < 4.78 is 5.61. The van der Waals surface area contributed by atoms with Crippen LogP contribution < -0.4 is 11.1 Å². The third-order valence-corrected chi connectivity index (χ3v) is 3.72. The Labute approximate surface area is 134 Å². The van der Waals surface area contributed by atoms with Gasteiger partial charge in [-0.1, -0.05) is 12.1 Å². The number of ketones is 1. The summed E-state index contributed by atoms with van der Waals surface area (Å²) >= 11 is 0. The SMILES string of the molecule is Cc1c(C(=O)Nc2ccccc2N)oc2c1C(=O)CCC2.Cl. The molecule has 1 heterocycles. The van der Waals surface area contributed by atoms with E-state index in [-0.39, 0.29) is 29.9 Å². The number of nitrogen functional groups attached to an aromatic ring is 1. The molecule has 0 atom stereocenters. The second-order valence-corrected chi connectivity index (χ2v) is 5.17. The Balaban J connectivity index is 0.00000176. The number of halogens is 1. The third-order valence-electron chi connectivity index (χ3n) is 3.72. The Morgan fingerprint density at radius 2 is 2.00 bits per heavy atom. The van der Waals surface area contributed by atoms with Gasteiger partial charge in [0, 0.05) is 18.4 Å². The highest BCUT2D eigenvalue weighted by atomic mass is 35.5.